The number of nitrogens with one attached hydrogen (secondary N) is 1. The van der Waals surface area contributed by atoms with Crippen molar-refractivity contribution in [1.82, 2.24) is 25.2 Å². The summed E-state index contributed by atoms with van der Waals surface area (Å²) in [7, 11) is 0. The van der Waals surface area contributed by atoms with E-state index in [4.69, 9.17) is 0 Å². The van der Waals surface area contributed by atoms with Gasteiger partial charge in [0, 0.05) is 11.9 Å². The van der Waals surface area contributed by atoms with Crippen LogP contribution in [-0.2, 0) is 6.54 Å². The fourth-order valence-electron chi connectivity index (χ4n) is 2.17. The van der Waals surface area contributed by atoms with Crippen LogP contribution in [0.3, 0.4) is 0 Å². The van der Waals surface area contributed by atoms with Crippen molar-refractivity contribution in [3.8, 4) is 17.1 Å². The highest BCUT2D eigenvalue weighted by Crippen LogP contribution is 2.30. The van der Waals surface area contributed by atoms with Crippen molar-refractivity contribution in [2.75, 3.05) is 0 Å². The normalized spacial score (nSPS) is 11.0. The summed E-state index contributed by atoms with van der Waals surface area (Å²) in [5.74, 6) is -0.0258. The summed E-state index contributed by atoms with van der Waals surface area (Å²) in [6.45, 7) is 2.36. The number of para-hydroxylation sites is 1. The number of nitrogens with zero attached hydrogens (tertiary/aromatic N) is 4. The number of aromatic amines is 1. The number of aromatic hydroxyl groups is 1. The maximum Gasteiger partial charge on any atom is 0.266 e. The van der Waals surface area contributed by atoms with Crippen molar-refractivity contribution in [2.45, 2.75) is 13.5 Å². The molecule has 2 aromatic heterocycles. The van der Waals surface area contributed by atoms with E-state index >= 15 is 0 Å². The van der Waals surface area contributed by atoms with Gasteiger partial charge < -0.3 is 9.67 Å². The van der Waals surface area contributed by atoms with Gasteiger partial charge in [-0.2, -0.15) is 5.21 Å². The number of hydrogen-bond donors (Lipinski definition) is 2. The average Bonchev–Trinajstić information content (AvgIpc) is 2.93. The van der Waals surface area contributed by atoms with Gasteiger partial charge >= 0.3 is 0 Å². The van der Waals surface area contributed by atoms with Gasteiger partial charge in [-0.3, -0.25) is 4.79 Å². The van der Waals surface area contributed by atoms with Crippen LogP contribution in [0.5, 0.6) is 5.75 Å². The Morgan fingerprint density at radius 1 is 1.37 bits per heavy atom. The van der Waals surface area contributed by atoms with Crippen LogP contribution in [-0.4, -0.2) is 30.3 Å². The Morgan fingerprint density at radius 3 is 2.84 bits per heavy atom. The molecule has 0 atom stereocenters. The van der Waals surface area contributed by atoms with E-state index in [1.54, 1.807) is 22.8 Å². The molecule has 0 saturated heterocycles. The maximum absolute atomic E-state index is 12.4. The van der Waals surface area contributed by atoms with Crippen molar-refractivity contribution >= 4 is 10.9 Å². The lowest BCUT2D eigenvalue weighted by molar-refractivity contribution is 0.480. The molecule has 0 aliphatic carbocycles. The second kappa shape index (κ2) is 4.20. The summed E-state index contributed by atoms with van der Waals surface area (Å²) in [4.78, 5) is 12.4. The number of aromatic nitrogens is 5. The lowest BCUT2D eigenvalue weighted by Gasteiger charge is -2.11. The minimum absolute atomic E-state index is 0.0642. The molecule has 3 rings (SSSR count). The number of hydrogen-bond acceptors (Lipinski definition) is 5. The summed E-state index contributed by atoms with van der Waals surface area (Å²) in [6.07, 6.45) is 0. The van der Waals surface area contributed by atoms with E-state index in [-0.39, 0.29) is 22.7 Å². The molecule has 0 amide bonds. The van der Waals surface area contributed by atoms with Gasteiger partial charge in [-0.05, 0) is 24.3 Å². The Kier molecular flexibility index (Phi) is 2.52. The fraction of sp³-hybridized carbons (Fsp3) is 0.167. The first-order valence-electron chi connectivity index (χ1n) is 5.82. The van der Waals surface area contributed by atoms with E-state index in [0.717, 1.165) is 0 Å². The molecule has 2 N–H and O–H groups in total. The van der Waals surface area contributed by atoms with Crippen molar-refractivity contribution in [1.29, 1.82) is 0 Å². The minimum atomic E-state index is -0.333. The van der Waals surface area contributed by atoms with Gasteiger partial charge in [0.1, 0.15) is 11.3 Å². The van der Waals surface area contributed by atoms with Crippen molar-refractivity contribution in [3.05, 3.63) is 34.6 Å². The van der Waals surface area contributed by atoms with E-state index in [2.05, 4.69) is 20.6 Å². The fourth-order valence-corrected chi connectivity index (χ4v) is 2.17. The zero-order valence-electron chi connectivity index (χ0n) is 10.2. The summed E-state index contributed by atoms with van der Waals surface area (Å²) in [5.41, 5.74) is 0.411. The van der Waals surface area contributed by atoms with Crippen LogP contribution < -0.4 is 5.56 Å². The zero-order chi connectivity index (χ0) is 13.4. The highest BCUT2D eigenvalue weighted by atomic mass is 16.3. The van der Waals surface area contributed by atoms with Crippen molar-refractivity contribution in [2.24, 2.45) is 0 Å². The molecule has 0 bridgehead atoms. The number of pyridine rings is 1. The molecule has 1 aromatic carbocycles. The first kappa shape index (κ1) is 11.4. The predicted octanol–water partition coefficient (Wildman–Crippen LogP) is 0.907. The summed E-state index contributed by atoms with van der Waals surface area (Å²) in [6, 6.07) is 7.16. The number of benzene rings is 1. The van der Waals surface area contributed by atoms with E-state index < -0.39 is 0 Å². The Balaban J connectivity index is 2.50. The Hall–Kier alpha value is -2.70. The molecular formula is C12H11N5O2. The third-order valence-electron chi connectivity index (χ3n) is 3.03. The largest absolute Gasteiger partial charge is 0.506 e. The van der Waals surface area contributed by atoms with Crippen LogP contribution in [0.25, 0.3) is 22.3 Å². The van der Waals surface area contributed by atoms with E-state index in [9.17, 15) is 9.90 Å². The van der Waals surface area contributed by atoms with E-state index in [1.807, 2.05) is 13.0 Å². The van der Waals surface area contributed by atoms with Gasteiger partial charge in [-0.25, -0.2) is 0 Å². The Labute approximate surface area is 107 Å². The smallest absolute Gasteiger partial charge is 0.266 e. The topological polar surface area (TPSA) is 96.7 Å². The first-order chi connectivity index (χ1) is 9.24. The second-order valence-corrected chi connectivity index (χ2v) is 4.03. The number of fused-ring (bicyclic) bond motifs is 1. The monoisotopic (exact) mass is 257 g/mol. The lowest BCUT2D eigenvalue weighted by atomic mass is 10.1. The first-order valence-corrected chi connectivity index (χ1v) is 5.82. The number of aryl methyl sites for hydroxylation is 1. The molecular weight excluding hydrogens is 246 g/mol. The van der Waals surface area contributed by atoms with Crippen LogP contribution in [0.2, 0.25) is 0 Å². The molecule has 19 heavy (non-hydrogen) atoms. The molecule has 3 aromatic rings. The molecule has 0 aliphatic heterocycles. The maximum atomic E-state index is 12.4. The lowest BCUT2D eigenvalue weighted by Crippen LogP contribution is -2.22. The zero-order valence-corrected chi connectivity index (χ0v) is 10.2. The van der Waals surface area contributed by atoms with Gasteiger partial charge in [-0.1, -0.05) is 12.1 Å². The van der Waals surface area contributed by atoms with Gasteiger partial charge in [0.15, 0.2) is 0 Å². The van der Waals surface area contributed by atoms with Crippen LogP contribution in [0, 0.1) is 0 Å². The second-order valence-electron chi connectivity index (χ2n) is 4.03. The van der Waals surface area contributed by atoms with Gasteiger partial charge in [0.2, 0.25) is 5.82 Å². The van der Waals surface area contributed by atoms with Gasteiger partial charge in [-0.15, -0.1) is 10.2 Å². The highest BCUT2D eigenvalue weighted by Gasteiger charge is 2.19. The third kappa shape index (κ3) is 1.59. The molecule has 0 fully saturated rings. The molecule has 7 heteroatoms. The Morgan fingerprint density at radius 2 is 2.16 bits per heavy atom. The molecule has 0 aliphatic rings. The number of H-pyrrole nitrogens is 1. The van der Waals surface area contributed by atoms with Crippen LogP contribution >= 0.6 is 0 Å². The van der Waals surface area contributed by atoms with Crippen LogP contribution in [0.4, 0.5) is 0 Å². The van der Waals surface area contributed by atoms with E-state index in [0.29, 0.717) is 17.4 Å². The van der Waals surface area contributed by atoms with Crippen LogP contribution in [0.1, 0.15) is 6.92 Å². The minimum Gasteiger partial charge on any atom is -0.506 e. The average molecular weight is 257 g/mol. The number of rotatable bonds is 2. The third-order valence-corrected chi connectivity index (χ3v) is 3.03. The summed E-state index contributed by atoms with van der Waals surface area (Å²) in [5, 5.41) is 24.1. The van der Waals surface area contributed by atoms with Crippen molar-refractivity contribution < 1.29 is 5.11 Å². The molecule has 0 saturated carbocycles. The highest BCUT2D eigenvalue weighted by molar-refractivity contribution is 5.90. The Bertz CT molecular complexity index is 792. The number of tetrazole rings is 1. The SMILES string of the molecule is CCn1c(=O)c(-c2nn[nH]n2)c(O)c2ccccc21. The quantitative estimate of drug-likeness (QED) is 0.711. The van der Waals surface area contributed by atoms with Gasteiger partial charge in [0.05, 0.1) is 5.52 Å². The molecule has 2 heterocycles. The van der Waals surface area contributed by atoms with Gasteiger partial charge in [0.25, 0.3) is 5.56 Å². The van der Waals surface area contributed by atoms with E-state index in [1.165, 1.54) is 0 Å². The van der Waals surface area contributed by atoms with Crippen molar-refractivity contribution in [3.63, 3.8) is 0 Å². The predicted molar refractivity (Wildman–Crippen MR) is 68.7 cm³/mol. The molecule has 0 unspecified atom stereocenters. The molecule has 96 valence electrons. The standard InChI is InChI=1S/C12H11N5O2/c1-2-17-8-6-4-3-5-7(8)10(18)9(12(17)19)11-13-15-16-14-11/h3-6,18H,2H2,1H3,(H,13,14,15,16). The molecule has 7 nitrogen and oxygen atoms in total. The summed E-state index contributed by atoms with van der Waals surface area (Å²) < 4.78 is 1.57. The summed E-state index contributed by atoms with van der Waals surface area (Å²) >= 11 is 0. The molecule has 0 spiro atoms. The molecule has 0 radical (unpaired) electrons. The van der Waals surface area contributed by atoms with Crippen LogP contribution in [0.15, 0.2) is 29.1 Å².